The van der Waals surface area contributed by atoms with Crippen molar-refractivity contribution in [3.05, 3.63) is 168 Å². The van der Waals surface area contributed by atoms with Gasteiger partial charge in [0.05, 0.1) is 5.69 Å². The van der Waals surface area contributed by atoms with E-state index >= 15 is 0 Å². The van der Waals surface area contributed by atoms with Gasteiger partial charge in [0.2, 0.25) is 0 Å². The number of fused-ring (bicyclic) bond motifs is 4. The third kappa shape index (κ3) is 7.28. The fourth-order valence-corrected chi connectivity index (χ4v) is 9.27. The summed E-state index contributed by atoms with van der Waals surface area (Å²) in [5, 5.41) is 0. The number of pyridine rings is 1. The molecule has 0 radical (unpaired) electrons. The average molecular weight is 798 g/mol. The Kier molecular flexibility index (Phi) is 9.55. The van der Waals surface area contributed by atoms with Crippen molar-refractivity contribution in [1.29, 1.82) is 0 Å². The number of benzene rings is 6. The number of nitrogens with zero attached hydrogens (tertiary/aromatic N) is 3. The van der Waals surface area contributed by atoms with Crippen LogP contribution in [-0.2, 0) is 21.7 Å². The molecule has 3 heterocycles. The Hall–Kier alpha value is -5.87. The summed E-state index contributed by atoms with van der Waals surface area (Å²) < 4.78 is 0. The van der Waals surface area contributed by atoms with Crippen molar-refractivity contribution in [3.8, 4) is 22.4 Å². The van der Waals surface area contributed by atoms with Gasteiger partial charge < -0.3 is 9.80 Å². The van der Waals surface area contributed by atoms with E-state index in [9.17, 15) is 0 Å². The highest BCUT2D eigenvalue weighted by Crippen LogP contribution is 2.47. The van der Waals surface area contributed by atoms with Crippen molar-refractivity contribution in [3.63, 3.8) is 0 Å². The Morgan fingerprint density at radius 3 is 1.25 bits per heavy atom. The van der Waals surface area contributed by atoms with Gasteiger partial charge in [-0.15, -0.1) is 0 Å². The number of aromatic nitrogens is 1. The maximum atomic E-state index is 4.74. The molecule has 306 valence electrons. The molecule has 6 aromatic carbocycles. The lowest BCUT2D eigenvalue weighted by Crippen LogP contribution is -2.61. The Morgan fingerprint density at radius 2 is 0.820 bits per heavy atom. The molecule has 0 atom stereocenters. The van der Waals surface area contributed by atoms with E-state index in [0.29, 0.717) is 0 Å². The maximum Gasteiger partial charge on any atom is 0.252 e. The number of hydrogen-bond acceptors (Lipinski definition) is 3. The molecule has 0 fully saturated rings. The summed E-state index contributed by atoms with van der Waals surface area (Å²) >= 11 is 0. The van der Waals surface area contributed by atoms with Crippen LogP contribution in [0.3, 0.4) is 0 Å². The standard InChI is InChI=1S/C57H60BN3/c1-54(2,3)40-19-25-44(26-20-40)60-49-29-23-42(56(7,8)9)35-46(49)58-47-36-43(57(10,11)12)24-30-50(47)61(45-27-21-41(22-28-45)55(4,5)6)52-34-39(33-51(60)53(52)58)37-16-15-17-38(32-37)48-18-13-14-31-59-48/h13-36H,1-12H3. The first-order valence-corrected chi connectivity index (χ1v) is 22.1. The van der Waals surface area contributed by atoms with E-state index in [1.54, 1.807) is 0 Å². The predicted molar refractivity (Wildman–Crippen MR) is 264 cm³/mol. The van der Waals surface area contributed by atoms with Crippen LogP contribution in [0.25, 0.3) is 22.4 Å². The maximum absolute atomic E-state index is 4.74. The lowest BCUT2D eigenvalue weighted by atomic mass is 9.33. The fourth-order valence-electron chi connectivity index (χ4n) is 9.27. The zero-order valence-corrected chi connectivity index (χ0v) is 38.3. The van der Waals surface area contributed by atoms with Gasteiger partial charge >= 0.3 is 0 Å². The zero-order valence-electron chi connectivity index (χ0n) is 38.3. The van der Waals surface area contributed by atoms with E-state index in [-0.39, 0.29) is 28.4 Å². The number of rotatable bonds is 4. The summed E-state index contributed by atoms with van der Waals surface area (Å²) in [6.45, 7) is 27.8. The van der Waals surface area contributed by atoms with Gasteiger partial charge in [-0.3, -0.25) is 4.98 Å². The van der Waals surface area contributed by atoms with Crippen molar-refractivity contribution in [2.24, 2.45) is 0 Å². The van der Waals surface area contributed by atoms with E-state index in [2.05, 4.69) is 226 Å². The monoisotopic (exact) mass is 797 g/mol. The smallest absolute Gasteiger partial charge is 0.252 e. The van der Waals surface area contributed by atoms with Crippen LogP contribution in [0, 0.1) is 0 Å². The molecule has 1 aromatic heterocycles. The molecule has 0 bridgehead atoms. The van der Waals surface area contributed by atoms with Crippen molar-refractivity contribution < 1.29 is 0 Å². The van der Waals surface area contributed by atoms with Gasteiger partial charge in [0.15, 0.2) is 0 Å². The van der Waals surface area contributed by atoms with Crippen LogP contribution >= 0.6 is 0 Å². The van der Waals surface area contributed by atoms with Gasteiger partial charge in [-0.2, -0.15) is 0 Å². The first-order chi connectivity index (χ1) is 28.8. The zero-order chi connectivity index (χ0) is 43.2. The molecule has 3 nitrogen and oxygen atoms in total. The molecule has 0 unspecified atom stereocenters. The summed E-state index contributed by atoms with van der Waals surface area (Å²) in [4.78, 5) is 9.84. The Labute approximate surface area is 365 Å². The largest absolute Gasteiger partial charge is 0.311 e. The van der Waals surface area contributed by atoms with Crippen LogP contribution in [0.4, 0.5) is 34.1 Å². The topological polar surface area (TPSA) is 19.4 Å². The summed E-state index contributed by atoms with van der Waals surface area (Å²) in [6.07, 6.45) is 1.88. The van der Waals surface area contributed by atoms with Crippen molar-refractivity contribution >= 4 is 57.2 Å². The fraction of sp³-hybridized carbons (Fsp3) is 0.281. The van der Waals surface area contributed by atoms with Gasteiger partial charge in [-0.05, 0) is 138 Å². The van der Waals surface area contributed by atoms with Crippen LogP contribution in [-0.4, -0.2) is 11.7 Å². The van der Waals surface area contributed by atoms with Crippen LogP contribution in [0.2, 0.25) is 0 Å². The third-order valence-corrected chi connectivity index (χ3v) is 12.9. The lowest BCUT2D eigenvalue weighted by Gasteiger charge is -2.45. The highest BCUT2D eigenvalue weighted by molar-refractivity contribution is 7.00. The van der Waals surface area contributed by atoms with E-state index < -0.39 is 0 Å². The van der Waals surface area contributed by atoms with Crippen molar-refractivity contribution in [2.75, 3.05) is 9.80 Å². The molecule has 0 aliphatic carbocycles. The highest BCUT2D eigenvalue weighted by Gasteiger charge is 2.44. The minimum absolute atomic E-state index is 0.0173. The molecule has 2 aliphatic rings. The van der Waals surface area contributed by atoms with Gasteiger partial charge in [0.1, 0.15) is 0 Å². The molecule has 0 amide bonds. The summed E-state index contributed by atoms with van der Waals surface area (Å²) in [5.41, 5.74) is 21.0. The Morgan fingerprint density at radius 1 is 0.377 bits per heavy atom. The average Bonchev–Trinajstić information content (AvgIpc) is 3.22. The Bertz CT molecular complexity index is 2620. The van der Waals surface area contributed by atoms with Crippen molar-refractivity contribution in [1.82, 2.24) is 4.98 Å². The minimum Gasteiger partial charge on any atom is -0.311 e. The molecule has 2 aliphatic heterocycles. The molecule has 7 aromatic rings. The van der Waals surface area contributed by atoms with Crippen LogP contribution < -0.4 is 26.2 Å². The van der Waals surface area contributed by atoms with E-state index in [0.717, 1.165) is 28.2 Å². The third-order valence-electron chi connectivity index (χ3n) is 12.9. The summed E-state index contributed by atoms with van der Waals surface area (Å²) in [7, 11) is 0. The molecule has 0 N–H and O–H groups in total. The van der Waals surface area contributed by atoms with Crippen molar-refractivity contribution in [2.45, 2.75) is 105 Å². The molecule has 0 saturated heterocycles. The van der Waals surface area contributed by atoms with Gasteiger partial charge in [0, 0.05) is 45.9 Å². The number of hydrogen-bond donors (Lipinski definition) is 0. The lowest BCUT2D eigenvalue weighted by molar-refractivity contribution is 0.590. The second-order valence-electron chi connectivity index (χ2n) is 21.5. The van der Waals surface area contributed by atoms with E-state index in [4.69, 9.17) is 4.98 Å². The molecule has 4 heteroatoms. The van der Waals surface area contributed by atoms with Gasteiger partial charge in [0.25, 0.3) is 6.71 Å². The van der Waals surface area contributed by atoms with E-state index in [1.165, 1.54) is 67.0 Å². The minimum atomic E-state index is -0.0224. The normalized spacial score (nSPS) is 13.8. The van der Waals surface area contributed by atoms with Crippen LogP contribution in [0.5, 0.6) is 0 Å². The molecule has 61 heavy (non-hydrogen) atoms. The SMILES string of the molecule is CC(C)(C)c1ccc(N2c3ccc(C(C)(C)C)cc3B3c4cc(C(C)(C)C)ccc4N(c4ccc(C(C)(C)C)cc4)c4cc(-c5cccc(-c6ccccn6)c5)cc2c43)cc1. The molecule has 9 rings (SSSR count). The molecular weight excluding hydrogens is 737 g/mol. The quantitative estimate of drug-likeness (QED) is 0.165. The molecule has 0 spiro atoms. The first kappa shape index (κ1) is 40.5. The molecular formula is C57H60BN3. The van der Waals surface area contributed by atoms with Crippen LogP contribution in [0.15, 0.2) is 146 Å². The summed E-state index contributed by atoms with van der Waals surface area (Å²) in [6, 6.07) is 53.2. The van der Waals surface area contributed by atoms with E-state index in [1.807, 2.05) is 12.3 Å². The van der Waals surface area contributed by atoms with Gasteiger partial charge in [-0.25, -0.2) is 0 Å². The summed E-state index contributed by atoms with van der Waals surface area (Å²) in [5.74, 6) is 0. The number of anilines is 6. The Balaban J connectivity index is 1.39. The second kappa shape index (κ2) is 14.4. The first-order valence-electron chi connectivity index (χ1n) is 22.1. The van der Waals surface area contributed by atoms with Gasteiger partial charge in [-0.1, -0.05) is 156 Å². The predicted octanol–water partition coefficient (Wildman–Crippen LogP) is 13.7. The molecule has 0 saturated carbocycles. The second-order valence-corrected chi connectivity index (χ2v) is 21.5. The van der Waals surface area contributed by atoms with Crippen LogP contribution in [0.1, 0.15) is 105 Å². The highest BCUT2D eigenvalue weighted by atomic mass is 15.2.